The molecule has 1 saturated heterocycles. The number of rotatable bonds is 8. The quantitative estimate of drug-likeness (QED) is 0.338. The zero-order valence-electron chi connectivity index (χ0n) is 25.4. The summed E-state index contributed by atoms with van der Waals surface area (Å²) >= 11 is 6.35. The molecule has 0 aliphatic carbocycles. The molecular formula is C36H38ClN3O5. The van der Waals surface area contributed by atoms with Crippen LogP contribution in [0.25, 0.3) is 0 Å². The fourth-order valence-corrected chi connectivity index (χ4v) is 6.96. The molecule has 9 heteroatoms. The van der Waals surface area contributed by atoms with E-state index in [1.807, 2.05) is 48.5 Å². The van der Waals surface area contributed by atoms with Gasteiger partial charge in [0.05, 0.1) is 24.9 Å². The molecule has 0 radical (unpaired) electrons. The summed E-state index contributed by atoms with van der Waals surface area (Å²) in [5, 5.41) is 22.4. The van der Waals surface area contributed by atoms with Crippen LogP contribution in [-0.2, 0) is 39.5 Å². The van der Waals surface area contributed by atoms with Gasteiger partial charge in [0.25, 0.3) is 5.91 Å². The van der Waals surface area contributed by atoms with E-state index in [9.17, 15) is 24.6 Å². The van der Waals surface area contributed by atoms with Gasteiger partial charge < -0.3 is 24.9 Å². The average Bonchev–Trinajstić information content (AvgIpc) is 3.26. The number of carbonyl (C=O) groups is 3. The van der Waals surface area contributed by atoms with Gasteiger partial charge in [0.15, 0.2) is 5.60 Å². The number of carbonyl (C=O) groups excluding carboxylic acids is 3. The molecule has 3 amide bonds. The first-order valence-corrected chi connectivity index (χ1v) is 16.0. The number of piperidine rings is 1. The van der Waals surface area contributed by atoms with Crippen molar-refractivity contribution in [2.24, 2.45) is 5.92 Å². The average molecular weight is 628 g/mol. The third-order valence-corrected chi connectivity index (χ3v) is 9.64. The molecule has 8 nitrogen and oxygen atoms in total. The van der Waals surface area contributed by atoms with Crippen LogP contribution in [0.2, 0.25) is 5.02 Å². The third-order valence-electron chi connectivity index (χ3n) is 9.41. The number of fused-ring (bicyclic) bond motifs is 2. The maximum Gasteiger partial charge on any atom is 0.264 e. The number of aliphatic hydroxyl groups excluding tert-OH is 1. The van der Waals surface area contributed by atoms with Gasteiger partial charge in [-0.05, 0) is 66.3 Å². The minimum Gasteiger partial charge on any atom is -0.394 e. The standard InChI is InChI=1S/C36H38ClN3O5/c1-24(7-6-11-34(43)39-22-27-9-3-2-8-26(27)19-30(39)23-41)36(45)31-20-28(37)14-17-32(31)40(35(36)44)21-25-12-15-29(16-13-25)38-18-5-4-10-33(38)42/h2-3,6-9,12-17,20,24,30,41,45H,4-5,10-11,18-19,21-23H2,1H3/b7-6+/t24-,30+,36+/m1/s1. The summed E-state index contributed by atoms with van der Waals surface area (Å²) in [7, 11) is 0. The highest BCUT2D eigenvalue weighted by Crippen LogP contribution is 2.46. The lowest BCUT2D eigenvalue weighted by Crippen LogP contribution is -2.46. The Kier molecular flexibility index (Phi) is 8.82. The van der Waals surface area contributed by atoms with E-state index in [4.69, 9.17) is 11.6 Å². The molecule has 0 saturated carbocycles. The molecule has 3 aromatic rings. The number of hydrogen-bond donors (Lipinski definition) is 2. The Morgan fingerprint density at radius 3 is 2.56 bits per heavy atom. The van der Waals surface area contributed by atoms with E-state index < -0.39 is 17.4 Å². The van der Waals surface area contributed by atoms with Gasteiger partial charge in [-0.25, -0.2) is 0 Å². The molecule has 3 aromatic carbocycles. The number of aliphatic hydroxyl groups is 2. The van der Waals surface area contributed by atoms with Crippen molar-refractivity contribution in [1.29, 1.82) is 0 Å². The van der Waals surface area contributed by atoms with Crippen LogP contribution in [-0.4, -0.2) is 52.0 Å². The molecule has 45 heavy (non-hydrogen) atoms. The summed E-state index contributed by atoms with van der Waals surface area (Å²) in [5.74, 6) is -1.14. The van der Waals surface area contributed by atoms with Crippen molar-refractivity contribution >= 4 is 40.7 Å². The Labute approximate surface area is 268 Å². The zero-order chi connectivity index (χ0) is 31.7. The van der Waals surface area contributed by atoms with E-state index >= 15 is 0 Å². The van der Waals surface area contributed by atoms with Crippen molar-refractivity contribution in [2.45, 2.75) is 63.8 Å². The highest BCUT2D eigenvalue weighted by molar-refractivity contribution is 6.31. The van der Waals surface area contributed by atoms with Gasteiger partial charge in [-0.1, -0.05) is 67.1 Å². The Balaban J connectivity index is 1.18. The number of nitrogens with zero attached hydrogens (tertiary/aromatic N) is 3. The first kappa shape index (κ1) is 31.0. The predicted molar refractivity (Wildman–Crippen MR) is 174 cm³/mol. The van der Waals surface area contributed by atoms with Crippen LogP contribution < -0.4 is 9.80 Å². The maximum atomic E-state index is 14.0. The zero-order valence-corrected chi connectivity index (χ0v) is 26.1. The summed E-state index contributed by atoms with van der Waals surface area (Å²) < 4.78 is 0. The van der Waals surface area contributed by atoms with Gasteiger partial charge in [0, 0.05) is 48.1 Å². The van der Waals surface area contributed by atoms with Gasteiger partial charge in [0.2, 0.25) is 11.8 Å². The lowest BCUT2D eigenvalue weighted by atomic mass is 9.83. The lowest BCUT2D eigenvalue weighted by molar-refractivity contribution is -0.139. The molecule has 234 valence electrons. The molecule has 2 N–H and O–H groups in total. The second-order valence-corrected chi connectivity index (χ2v) is 12.7. The van der Waals surface area contributed by atoms with Crippen molar-refractivity contribution in [3.63, 3.8) is 0 Å². The summed E-state index contributed by atoms with van der Waals surface area (Å²) in [5.41, 5.74) is 3.04. The van der Waals surface area contributed by atoms with Crippen LogP contribution in [0.3, 0.4) is 0 Å². The summed E-state index contributed by atoms with van der Waals surface area (Å²) in [6.45, 7) is 3.00. The summed E-state index contributed by atoms with van der Waals surface area (Å²) in [6.07, 6.45) is 6.52. The Hall–Kier alpha value is -3.98. The smallest absolute Gasteiger partial charge is 0.264 e. The highest BCUT2D eigenvalue weighted by atomic mass is 35.5. The fraction of sp³-hybridized carbons (Fsp3) is 0.361. The third kappa shape index (κ3) is 5.90. The largest absolute Gasteiger partial charge is 0.394 e. The fourth-order valence-electron chi connectivity index (χ4n) is 6.79. The molecule has 3 aliphatic rings. The van der Waals surface area contributed by atoms with Crippen LogP contribution in [0, 0.1) is 5.92 Å². The van der Waals surface area contributed by atoms with Crippen molar-refractivity contribution in [3.05, 3.63) is 106 Å². The first-order chi connectivity index (χ1) is 21.7. The van der Waals surface area contributed by atoms with E-state index in [1.165, 1.54) is 0 Å². The first-order valence-electron chi connectivity index (χ1n) is 15.6. The second kappa shape index (κ2) is 12.8. The number of hydrogen-bond acceptors (Lipinski definition) is 5. The predicted octanol–water partition coefficient (Wildman–Crippen LogP) is 5.12. The molecule has 0 spiro atoms. The van der Waals surface area contributed by atoms with Gasteiger partial charge in [0.1, 0.15) is 0 Å². The molecule has 0 unspecified atom stereocenters. The topological polar surface area (TPSA) is 101 Å². The van der Waals surface area contributed by atoms with Crippen LogP contribution in [0.4, 0.5) is 11.4 Å². The SMILES string of the molecule is C[C@H](/C=C/CC(=O)N1Cc2ccccc2C[C@H]1CO)[C@@]1(O)C(=O)N(Cc2ccc(N3CCCCC3=O)cc2)c2ccc(Cl)cc21. The van der Waals surface area contributed by atoms with Crippen LogP contribution in [0.5, 0.6) is 0 Å². The Bertz CT molecular complexity index is 1640. The molecule has 3 atom stereocenters. The van der Waals surface area contributed by atoms with Gasteiger partial charge in [-0.3, -0.25) is 14.4 Å². The van der Waals surface area contributed by atoms with Crippen molar-refractivity contribution < 1.29 is 24.6 Å². The van der Waals surface area contributed by atoms with Gasteiger partial charge in [-0.15, -0.1) is 0 Å². The minimum atomic E-state index is -1.88. The molecular weight excluding hydrogens is 590 g/mol. The van der Waals surface area contributed by atoms with Crippen LogP contribution in [0.1, 0.15) is 54.9 Å². The Morgan fingerprint density at radius 1 is 1.07 bits per heavy atom. The van der Waals surface area contributed by atoms with E-state index in [2.05, 4.69) is 0 Å². The monoisotopic (exact) mass is 627 g/mol. The van der Waals surface area contributed by atoms with E-state index in [1.54, 1.807) is 52.0 Å². The minimum absolute atomic E-state index is 0.0747. The lowest BCUT2D eigenvalue weighted by Gasteiger charge is -2.36. The molecule has 6 rings (SSSR count). The number of halogens is 1. The van der Waals surface area contributed by atoms with Gasteiger partial charge in [-0.2, -0.15) is 0 Å². The highest BCUT2D eigenvalue weighted by Gasteiger charge is 2.52. The van der Waals surface area contributed by atoms with Crippen molar-refractivity contribution in [3.8, 4) is 0 Å². The summed E-state index contributed by atoms with van der Waals surface area (Å²) in [4.78, 5) is 44.7. The number of amides is 3. The van der Waals surface area contributed by atoms with Crippen LogP contribution in [0.15, 0.2) is 78.9 Å². The van der Waals surface area contributed by atoms with Crippen molar-refractivity contribution in [2.75, 3.05) is 23.0 Å². The molecule has 0 aromatic heterocycles. The molecule has 1 fully saturated rings. The van der Waals surface area contributed by atoms with Crippen LogP contribution >= 0.6 is 11.6 Å². The van der Waals surface area contributed by atoms with Crippen molar-refractivity contribution in [1.82, 2.24) is 4.90 Å². The normalized spacial score (nSPS) is 22.1. The van der Waals surface area contributed by atoms with Gasteiger partial charge >= 0.3 is 0 Å². The van der Waals surface area contributed by atoms with E-state index in [-0.39, 0.29) is 37.4 Å². The summed E-state index contributed by atoms with van der Waals surface area (Å²) in [6, 6.07) is 20.3. The number of anilines is 2. The number of benzene rings is 3. The molecule has 0 bridgehead atoms. The van der Waals surface area contributed by atoms with E-state index in [0.717, 1.165) is 35.2 Å². The maximum absolute atomic E-state index is 14.0. The molecule has 3 heterocycles. The second-order valence-electron chi connectivity index (χ2n) is 12.2. The van der Waals surface area contributed by atoms with E-state index in [0.29, 0.717) is 42.2 Å². The molecule has 3 aliphatic heterocycles. The Morgan fingerprint density at radius 2 is 1.82 bits per heavy atom.